The Bertz CT molecular complexity index is 110. The molecule has 0 aromatic heterocycles. The van der Waals surface area contributed by atoms with E-state index in [1.807, 2.05) is 0 Å². The van der Waals surface area contributed by atoms with Crippen LogP contribution in [0.2, 0.25) is 0 Å². The van der Waals surface area contributed by atoms with Crippen molar-refractivity contribution < 1.29 is 12.9 Å². The Morgan fingerprint density at radius 1 is 1.56 bits per heavy atom. The van der Waals surface area contributed by atoms with Gasteiger partial charge in [-0.1, -0.05) is 34.8 Å². The molecule has 0 aliphatic rings. The number of halogens is 3. The molecule has 1 N–H and O–H groups in total. The molecule has 3 nitrogen and oxygen atoms in total. The first-order valence-corrected chi connectivity index (χ1v) is 3.89. The zero-order valence-corrected chi connectivity index (χ0v) is 7.10. The van der Waals surface area contributed by atoms with Crippen LogP contribution in [0.25, 0.3) is 0 Å². The zero-order chi connectivity index (χ0) is 7.49. The van der Waals surface area contributed by atoms with Gasteiger partial charge in [-0.05, 0) is 0 Å². The molecule has 0 aromatic carbocycles. The lowest BCUT2D eigenvalue weighted by Crippen LogP contribution is -2.13. The van der Waals surface area contributed by atoms with Crippen LogP contribution >= 0.6 is 34.8 Å². The van der Waals surface area contributed by atoms with E-state index in [1.54, 1.807) is 0 Å². The monoisotopic (exact) mass is 212 g/mol. The molecule has 0 amide bonds. The minimum Gasteiger partial charge on any atom is -0.284 e. The first kappa shape index (κ1) is 9.94. The van der Waals surface area contributed by atoms with Crippen LogP contribution < -0.4 is 0 Å². The first-order valence-electron chi connectivity index (χ1n) is 1.73. The molecule has 0 aliphatic carbocycles. The van der Waals surface area contributed by atoms with Gasteiger partial charge in [-0.25, -0.2) is 0 Å². The molecule has 0 aromatic rings. The Labute approximate surface area is 69.7 Å². The number of hydrogen-bond donors (Lipinski definition) is 1. The Kier molecular flexibility index (Phi) is 4.37. The van der Waals surface area contributed by atoms with Gasteiger partial charge in [0.2, 0.25) is 3.79 Å². The molecule has 0 heterocycles. The van der Waals surface area contributed by atoms with E-state index in [9.17, 15) is 4.21 Å². The van der Waals surface area contributed by atoms with E-state index >= 15 is 0 Å². The highest BCUT2D eigenvalue weighted by atomic mass is 35.6. The maximum absolute atomic E-state index is 9.76. The highest BCUT2D eigenvalue weighted by Gasteiger charge is 2.20. The molecule has 0 saturated carbocycles. The van der Waals surface area contributed by atoms with Crippen molar-refractivity contribution in [3.63, 3.8) is 0 Å². The lowest BCUT2D eigenvalue weighted by Gasteiger charge is -2.06. The van der Waals surface area contributed by atoms with E-state index in [0.29, 0.717) is 0 Å². The van der Waals surface area contributed by atoms with Gasteiger partial charge >= 0.3 is 11.4 Å². The summed E-state index contributed by atoms with van der Waals surface area (Å²) < 4.78 is 20.2. The predicted octanol–water partition coefficient (Wildman–Crippen LogP) is 1.51. The molecule has 0 radical (unpaired) electrons. The standard InChI is InChI=1S/C2H3Cl3O3S/c3-2(4,5)1-8-9(6)7/h1H2,(H,6,7). The summed E-state index contributed by atoms with van der Waals surface area (Å²) in [6.45, 7) is -0.402. The van der Waals surface area contributed by atoms with Gasteiger partial charge in [0.25, 0.3) is 0 Å². The lowest BCUT2D eigenvalue weighted by molar-refractivity contribution is 0.313. The molecule has 0 rings (SSSR count). The Balaban J connectivity index is 3.39. The summed E-state index contributed by atoms with van der Waals surface area (Å²) in [4.78, 5) is 0. The maximum atomic E-state index is 9.76. The van der Waals surface area contributed by atoms with E-state index in [4.69, 9.17) is 39.4 Å². The van der Waals surface area contributed by atoms with Crippen molar-refractivity contribution >= 4 is 46.2 Å². The fourth-order valence-electron chi connectivity index (χ4n) is 0.117. The van der Waals surface area contributed by atoms with E-state index in [0.717, 1.165) is 0 Å². The third-order valence-electron chi connectivity index (χ3n) is 0.323. The van der Waals surface area contributed by atoms with E-state index in [-0.39, 0.29) is 0 Å². The molecule has 0 fully saturated rings. The smallest absolute Gasteiger partial charge is 0.284 e. The highest BCUT2D eigenvalue weighted by molar-refractivity contribution is 7.74. The Morgan fingerprint density at radius 3 is 2.11 bits per heavy atom. The molecule has 1 unspecified atom stereocenters. The van der Waals surface area contributed by atoms with Crippen molar-refractivity contribution in [2.75, 3.05) is 6.61 Å². The molecule has 0 bridgehead atoms. The molecule has 1 atom stereocenters. The average Bonchev–Trinajstić information content (AvgIpc) is 1.59. The van der Waals surface area contributed by atoms with Crippen LogP contribution in [0.3, 0.4) is 0 Å². The van der Waals surface area contributed by atoms with Gasteiger partial charge in [0.1, 0.15) is 6.61 Å². The maximum Gasteiger partial charge on any atom is 0.302 e. The summed E-state index contributed by atoms with van der Waals surface area (Å²) in [6, 6.07) is 0. The van der Waals surface area contributed by atoms with Gasteiger partial charge in [-0.3, -0.25) is 8.74 Å². The van der Waals surface area contributed by atoms with Gasteiger partial charge in [0.05, 0.1) is 0 Å². The van der Waals surface area contributed by atoms with Crippen molar-refractivity contribution in [1.82, 2.24) is 0 Å². The van der Waals surface area contributed by atoms with E-state index < -0.39 is 21.8 Å². The predicted molar refractivity (Wildman–Crippen MR) is 37.0 cm³/mol. The molecular weight excluding hydrogens is 210 g/mol. The first-order chi connectivity index (χ1) is 3.92. The molecule has 0 aliphatic heterocycles. The largest absolute Gasteiger partial charge is 0.302 e. The van der Waals surface area contributed by atoms with Crippen LogP contribution in [0, 0.1) is 0 Å². The minimum atomic E-state index is -2.37. The molecule has 0 saturated heterocycles. The summed E-state index contributed by atoms with van der Waals surface area (Å²) in [5.41, 5.74) is 0. The molecule has 7 heteroatoms. The number of hydrogen-bond acceptors (Lipinski definition) is 2. The molecule has 9 heavy (non-hydrogen) atoms. The van der Waals surface area contributed by atoms with Crippen molar-refractivity contribution in [2.45, 2.75) is 3.79 Å². The van der Waals surface area contributed by atoms with Gasteiger partial charge in [0, 0.05) is 0 Å². The van der Waals surface area contributed by atoms with Crippen molar-refractivity contribution in [3.05, 3.63) is 0 Å². The summed E-state index contributed by atoms with van der Waals surface area (Å²) >= 11 is 13.0. The Hall–Kier alpha value is 0.940. The summed E-state index contributed by atoms with van der Waals surface area (Å²) in [7, 11) is 0. The lowest BCUT2D eigenvalue weighted by atomic mass is 10.9. The summed E-state index contributed by atoms with van der Waals surface area (Å²) in [5, 5.41) is 0. The molecule has 56 valence electrons. The summed E-state index contributed by atoms with van der Waals surface area (Å²) in [6.07, 6.45) is 0. The topological polar surface area (TPSA) is 46.5 Å². The van der Waals surface area contributed by atoms with Crippen LogP contribution in [0.4, 0.5) is 0 Å². The fourth-order valence-corrected chi connectivity index (χ4v) is 0.753. The van der Waals surface area contributed by atoms with E-state index in [1.165, 1.54) is 0 Å². The van der Waals surface area contributed by atoms with Gasteiger partial charge in [-0.15, -0.1) is 0 Å². The average molecular weight is 213 g/mol. The summed E-state index contributed by atoms with van der Waals surface area (Å²) in [5.74, 6) is 0. The Morgan fingerprint density at radius 2 is 2.00 bits per heavy atom. The van der Waals surface area contributed by atoms with Crippen molar-refractivity contribution in [2.24, 2.45) is 0 Å². The third kappa shape index (κ3) is 8.94. The molecule has 0 spiro atoms. The second-order valence-electron chi connectivity index (χ2n) is 1.09. The number of alkyl halides is 3. The van der Waals surface area contributed by atoms with Crippen LogP contribution in [-0.4, -0.2) is 19.2 Å². The quantitative estimate of drug-likeness (QED) is 0.559. The van der Waals surface area contributed by atoms with Crippen LogP contribution in [0.5, 0.6) is 0 Å². The number of rotatable bonds is 2. The second-order valence-corrected chi connectivity index (χ2v) is 4.28. The fraction of sp³-hybridized carbons (Fsp3) is 1.00. The highest BCUT2D eigenvalue weighted by Crippen LogP contribution is 2.25. The SMILES string of the molecule is O=S(O)OCC(Cl)(Cl)Cl. The second kappa shape index (κ2) is 3.95. The van der Waals surface area contributed by atoms with Crippen LogP contribution in [0.15, 0.2) is 0 Å². The van der Waals surface area contributed by atoms with Crippen molar-refractivity contribution in [1.29, 1.82) is 0 Å². The normalized spacial score (nSPS) is 15.6. The van der Waals surface area contributed by atoms with Gasteiger partial charge in [-0.2, -0.15) is 4.21 Å². The van der Waals surface area contributed by atoms with Crippen molar-refractivity contribution in [3.8, 4) is 0 Å². The van der Waals surface area contributed by atoms with Gasteiger partial charge < -0.3 is 0 Å². The van der Waals surface area contributed by atoms with Gasteiger partial charge in [0.15, 0.2) is 0 Å². The minimum absolute atomic E-state index is 0.402. The zero-order valence-electron chi connectivity index (χ0n) is 4.01. The molecular formula is C2H3Cl3O3S. The van der Waals surface area contributed by atoms with E-state index in [2.05, 4.69) is 4.18 Å². The van der Waals surface area contributed by atoms with Crippen LogP contribution in [-0.2, 0) is 15.5 Å². The third-order valence-corrected chi connectivity index (χ3v) is 0.970. The van der Waals surface area contributed by atoms with Crippen LogP contribution in [0.1, 0.15) is 0 Å².